The van der Waals surface area contributed by atoms with Crippen molar-refractivity contribution in [3.8, 4) is 0 Å². The van der Waals surface area contributed by atoms with Crippen LogP contribution < -0.4 is 5.32 Å². The molecule has 82 valence electrons. The van der Waals surface area contributed by atoms with Gasteiger partial charge in [-0.05, 0) is 33.2 Å². The van der Waals surface area contributed by atoms with Gasteiger partial charge < -0.3 is 5.32 Å². The highest BCUT2D eigenvalue weighted by atomic mass is 16.1. The second-order valence-electron chi connectivity index (χ2n) is 4.85. The number of Topliss-reactive ketones (excluding diaryl/α,β-unsaturated/α-hetero) is 1. The van der Waals surface area contributed by atoms with E-state index in [-0.39, 0.29) is 11.3 Å². The van der Waals surface area contributed by atoms with Gasteiger partial charge in [-0.25, -0.2) is 0 Å². The number of likely N-dealkylation sites (N-methyl/N-ethyl adjacent to an activating group) is 1. The fourth-order valence-corrected chi connectivity index (χ4v) is 2.39. The lowest BCUT2D eigenvalue weighted by molar-refractivity contribution is -0.123. The monoisotopic (exact) mass is 197 g/mol. The summed E-state index contributed by atoms with van der Waals surface area (Å²) in [6, 6.07) is 0. The first-order valence-corrected chi connectivity index (χ1v) is 5.78. The normalized spacial score (nSPS) is 23.1. The van der Waals surface area contributed by atoms with Gasteiger partial charge in [0.15, 0.2) is 0 Å². The summed E-state index contributed by atoms with van der Waals surface area (Å²) in [7, 11) is 1.89. The third-order valence-corrected chi connectivity index (χ3v) is 3.75. The molecule has 0 amide bonds. The molecule has 1 aliphatic carbocycles. The lowest BCUT2D eigenvalue weighted by Crippen LogP contribution is -2.47. The maximum absolute atomic E-state index is 11.5. The van der Waals surface area contributed by atoms with Crippen LogP contribution in [0, 0.1) is 5.92 Å². The molecule has 2 nitrogen and oxygen atoms in total. The van der Waals surface area contributed by atoms with Crippen molar-refractivity contribution in [2.24, 2.45) is 5.92 Å². The van der Waals surface area contributed by atoms with Crippen molar-refractivity contribution < 1.29 is 4.79 Å². The van der Waals surface area contributed by atoms with Crippen molar-refractivity contribution in [1.29, 1.82) is 0 Å². The van der Waals surface area contributed by atoms with Gasteiger partial charge in [-0.15, -0.1) is 0 Å². The number of hydrogen-bond donors (Lipinski definition) is 1. The third-order valence-electron chi connectivity index (χ3n) is 3.75. The molecule has 0 aromatic rings. The molecule has 0 radical (unpaired) electrons. The minimum atomic E-state index is -0.290. The zero-order valence-corrected chi connectivity index (χ0v) is 9.73. The molecule has 0 saturated heterocycles. The lowest BCUT2D eigenvalue weighted by Gasteiger charge is -2.32. The van der Waals surface area contributed by atoms with E-state index in [0.29, 0.717) is 0 Å². The minimum absolute atomic E-state index is 0.269. The van der Waals surface area contributed by atoms with E-state index in [1.165, 1.54) is 32.1 Å². The van der Waals surface area contributed by atoms with Crippen LogP contribution in [-0.2, 0) is 4.79 Å². The molecule has 1 saturated carbocycles. The lowest BCUT2D eigenvalue weighted by atomic mass is 9.78. The van der Waals surface area contributed by atoms with E-state index >= 15 is 0 Å². The Bertz CT molecular complexity index is 196. The molecular formula is C12H23NO. The van der Waals surface area contributed by atoms with Gasteiger partial charge in [-0.1, -0.05) is 32.1 Å². The average Bonchev–Trinajstić information content (AvgIpc) is 2.19. The van der Waals surface area contributed by atoms with Crippen LogP contribution in [0.15, 0.2) is 0 Å². The van der Waals surface area contributed by atoms with Crippen LogP contribution in [0.4, 0.5) is 0 Å². The molecule has 1 fully saturated rings. The highest BCUT2D eigenvalue weighted by Gasteiger charge is 2.31. The Morgan fingerprint density at radius 2 is 1.93 bits per heavy atom. The van der Waals surface area contributed by atoms with E-state index in [1.807, 2.05) is 14.0 Å². The maximum atomic E-state index is 11.5. The summed E-state index contributed by atoms with van der Waals surface area (Å²) >= 11 is 0. The molecule has 0 aromatic carbocycles. The summed E-state index contributed by atoms with van der Waals surface area (Å²) in [6.45, 7) is 3.73. The predicted octanol–water partition coefficient (Wildman–Crippen LogP) is 2.52. The Kier molecular flexibility index (Phi) is 4.11. The van der Waals surface area contributed by atoms with Gasteiger partial charge in [-0.2, -0.15) is 0 Å². The molecule has 1 atom stereocenters. The Morgan fingerprint density at radius 3 is 2.36 bits per heavy atom. The van der Waals surface area contributed by atoms with Crippen molar-refractivity contribution in [2.45, 2.75) is 57.9 Å². The molecule has 0 spiro atoms. The third kappa shape index (κ3) is 2.81. The van der Waals surface area contributed by atoms with Gasteiger partial charge >= 0.3 is 0 Å². The summed E-state index contributed by atoms with van der Waals surface area (Å²) in [5.74, 6) is 1.02. The molecule has 14 heavy (non-hydrogen) atoms. The van der Waals surface area contributed by atoms with Gasteiger partial charge in [0.25, 0.3) is 0 Å². The molecule has 0 bridgehead atoms. The maximum Gasteiger partial charge on any atom is 0.149 e. The average molecular weight is 197 g/mol. The molecule has 2 heteroatoms. The highest BCUT2D eigenvalue weighted by molar-refractivity contribution is 5.85. The Labute approximate surface area is 87.5 Å². The first kappa shape index (κ1) is 11.7. The van der Waals surface area contributed by atoms with Gasteiger partial charge in [0.1, 0.15) is 5.78 Å². The van der Waals surface area contributed by atoms with Crippen LogP contribution in [0.25, 0.3) is 0 Å². The molecule has 1 aliphatic rings. The number of carbonyl (C=O) groups is 1. The van der Waals surface area contributed by atoms with Crippen molar-refractivity contribution in [3.63, 3.8) is 0 Å². The second kappa shape index (κ2) is 4.92. The quantitative estimate of drug-likeness (QED) is 0.750. The van der Waals surface area contributed by atoms with Crippen LogP contribution >= 0.6 is 0 Å². The zero-order valence-electron chi connectivity index (χ0n) is 9.73. The minimum Gasteiger partial charge on any atom is -0.308 e. The Morgan fingerprint density at radius 1 is 1.36 bits per heavy atom. The number of hydrogen-bond acceptors (Lipinski definition) is 2. The van der Waals surface area contributed by atoms with Gasteiger partial charge in [0.2, 0.25) is 0 Å². The predicted molar refractivity (Wildman–Crippen MR) is 59.3 cm³/mol. The molecule has 1 rings (SSSR count). The van der Waals surface area contributed by atoms with Crippen LogP contribution in [-0.4, -0.2) is 18.4 Å². The topological polar surface area (TPSA) is 29.1 Å². The fourth-order valence-electron chi connectivity index (χ4n) is 2.39. The van der Waals surface area contributed by atoms with Crippen LogP contribution in [0.3, 0.4) is 0 Å². The van der Waals surface area contributed by atoms with Crippen LogP contribution in [0.2, 0.25) is 0 Å². The van der Waals surface area contributed by atoms with Crippen molar-refractivity contribution in [3.05, 3.63) is 0 Å². The number of carbonyl (C=O) groups excluding carboxylic acids is 1. The van der Waals surface area contributed by atoms with E-state index in [9.17, 15) is 4.79 Å². The Balaban J connectivity index is 2.50. The molecule has 0 heterocycles. The molecular weight excluding hydrogens is 174 g/mol. The van der Waals surface area contributed by atoms with E-state index in [4.69, 9.17) is 0 Å². The summed E-state index contributed by atoms with van der Waals surface area (Å²) in [4.78, 5) is 11.5. The van der Waals surface area contributed by atoms with Crippen molar-refractivity contribution in [1.82, 2.24) is 5.32 Å². The second-order valence-corrected chi connectivity index (χ2v) is 4.85. The Hall–Kier alpha value is -0.370. The van der Waals surface area contributed by atoms with E-state index in [0.717, 1.165) is 12.3 Å². The van der Waals surface area contributed by atoms with Crippen molar-refractivity contribution >= 4 is 5.78 Å². The molecule has 1 N–H and O–H groups in total. The van der Waals surface area contributed by atoms with Crippen molar-refractivity contribution in [2.75, 3.05) is 7.05 Å². The standard InChI is InChI=1S/C12H23NO/c1-10(14)12(2,13-3)9-11-7-5-4-6-8-11/h11,13H,4-9H2,1-3H3/t12-/m0/s1. The number of nitrogens with one attached hydrogen (secondary N) is 1. The summed E-state index contributed by atoms with van der Waals surface area (Å²) in [5, 5.41) is 3.18. The van der Waals surface area contributed by atoms with E-state index in [1.54, 1.807) is 6.92 Å². The van der Waals surface area contributed by atoms with Gasteiger partial charge in [-0.3, -0.25) is 4.79 Å². The molecule has 0 aliphatic heterocycles. The fraction of sp³-hybridized carbons (Fsp3) is 0.917. The highest BCUT2D eigenvalue weighted by Crippen LogP contribution is 2.30. The number of rotatable bonds is 4. The largest absolute Gasteiger partial charge is 0.308 e. The first-order valence-electron chi connectivity index (χ1n) is 5.78. The summed E-state index contributed by atoms with van der Waals surface area (Å²) in [6.07, 6.45) is 7.71. The van der Waals surface area contributed by atoms with Gasteiger partial charge in [0, 0.05) is 0 Å². The number of ketones is 1. The first-order chi connectivity index (χ1) is 6.58. The zero-order chi connectivity index (χ0) is 10.6. The molecule has 0 unspecified atom stereocenters. The van der Waals surface area contributed by atoms with Crippen LogP contribution in [0.5, 0.6) is 0 Å². The summed E-state index contributed by atoms with van der Waals surface area (Å²) < 4.78 is 0. The molecule has 0 aromatic heterocycles. The van der Waals surface area contributed by atoms with Gasteiger partial charge in [0.05, 0.1) is 5.54 Å². The van der Waals surface area contributed by atoms with E-state index < -0.39 is 0 Å². The van der Waals surface area contributed by atoms with E-state index in [2.05, 4.69) is 5.32 Å². The SMILES string of the molecule is CN[C@@](C)(CC1CCCCC1)C(C)=O. The van der Waals surface area contributed by atoms with Crippen LogP contribution in [0.1, 0.15) is 52.4 Å². The smallest absolute Gasteiger partial charge is 0.149 e. The summed E-state index contributed by atoms with van der Waals surface area (Å²) in [5.41, 5.74) is -0.290.